The van der Waals surface area contributed by atoms with E-state index in [1.54, 1.807) is 6.92 Å². The van der Waals surface area contributed by atoms with E-state index in [9.17, 15) is 9.59 Å². The molecule has 10 heteroatoms. The van der Waals surface area contributed by atoms with Crippen LogP contribution in [-0.4, -0.2) is 47.1 Å². The number of aromatic nitrogens is 2. The predicted molar refractivity (Wildman–Crippen MR) is 103 cm³/mol. The number of rotatable bonds is 9. The first-order chi connectivity index (χ1) is 12.4. The SMILES string of the molecule is CCOC(=O)C1=C(CSc2nnc(NCC(C)C)s2)NC(=O)N[C@@H]1CC. The highest BCUT2D eigenvalue weighted by Crippen LogP contribution is 2.29. The molecular weight excluding hydrogens is 374 g/mol. The fourth-order valence-electron chi connectivity index (χ4n) is 2.34. The number of nitrogens with zero attached hydrogens (tertiary/aromatic N) is 2. The molecule has 2 heterocycles. The maximum absolute atomic E-state index is 12.3. The molecule has 1 aliphatic heterocycles. The molecular formula is C16H25N5O3S2. The van der Waals surface area contributed by atoms with Gasteiger partial charge in [0.2, 0.25) is 5.13 Å². The van der Waals surface area contributed by atoms with Crippen LogP contribution in [0.15, 0.2) is 15.6 Å². The van der Waals surface area contributed by atoms with Crippen molar-refractivity contribution in [2.24, 2.45) is 5.92 Å². The van der Waals surface area contributed by atoms with Gasteiger partial charge in [-0.15, -0.1) is 10.2 Å². The Balaban J connectivity index is 2.10. The first kappa shape index (κ1) is 20.5. The number of hydrogen-bond acceptors (Lipinski definition) is 8. The summed E-state index contributed by atoms with van der Waals surface area (Å²) in [5.41, 5.74) is 1.04. The second kappa shape index (κ2) is 9.77. The van der Waals surface area contributed by atoms with E-state index in [4.69, 9.17) is 4.74 Å². The van der Waals surface area contributed by atoms with Gasteiger partial charge in [0, 0.05) is 18.0 Å². The third-order valence-electron chi connectivity index (χ3n) is 3.55. The summed E-state index contributed by atoms with van der Waals surface area (Å²) in [7, 11) is 0. The van der Waals surface area contributed by atoms with Crippen molar-refractivity contribution >= 4 is 40.2 Å². The van der Waals surface area contributed by atoms with E-state index in [2.05, 4.69) is 40.0 Å². The molecule has 0 unspecified atom stereocenters. The van der Waals surface area contributed by atoms with Gasteiger partial charge in [0.1, 0.15) is 0 Å². The zero-order valence-corrected chi connectivity index (χ0v) is 17.1. The molecule has 0 radical (unpaired) electrons. The molecule has 0 saturated carbocycles. The van der Waals surface area contributed by atoms with E-state index in [1.165, 1.54) is 23.1 Å². The lowest BCUT2D eigenvalue weighted by Gasteiger charge is -2.28. The number of urea groups is 1. The van der Waals surface area contributed by atoms with Crippen LogP contribution < -0.4 is 16.0 Å². The molecule has 0 bridgehead atoms. The Labute approximate surface area is 161 Å². The third kappa shape index (κ3) is 5.60. The van der Waals surface area contributed by atoms with Crippen molar-refractivity contribution in [3.63, 3.8) is 0 Å². The third-order valence-corrected chi connectivity index (χ3v) is 5.60. The van der Waals surface area contributed by atoms with E-state index in [0.29, 0.717) is 29.4 Å². The molecule has 2 amide bonds. The van der Waals surface area contributed by atoms with Crippen molar-refractivity contribution < 1.29 is 14.3 Å². The van der Waals surface area contributed by atoms with Crippen molar-refractivity contribution in [1.82, 2.24) is 20.8 Å². The van der Waals surface area contributed by atoms with Crippen LogP contribution in [0.2, 0.25) is 0 Å². The van der Waals surface area contributed by atoms with Crippen LogP contribution in [0.25, 0.3) is 0 Å². The van der Waals surface area contributed by atoms with Gasteiger partial charge in [0.15, 0.2) is 4.34 Å². The monoisotopic (exact) mass is 399 g/mol. The van der Waals surface area contributed by atoms with Crippen molar-refractivity contribution in [3.05, 3.63) is 11.3 Å². The van der Waals surface area contributed by atoms with Gasteiger partial charge in [-0.05, 0) is 19.3 Å². The largest absolute Gasteiger partial charge is 0.463 e. The molecule has 3 N–H and O–H groups in total. The van der Waals surface area contributed by atoms with E-state index >= 15 is 0 Å². The van der Waals surface area contributed by atoms with Gasteiger partial charge in [0.25, 0.3) is 0 Å². The minimum atomic E-state index is -0.404. The van der Waals surface area contributed by atoms with E-state index < -0.39 is 5.97 Å². The summed E-state index contributed by atoms with van der Waals surface area (Å²) in [6.45, 7) is 9.03. The molecule has 144 valence electrons. The van der Waals surface area contributed by atoms with E-state index in [-0.39, 0.29) is 18.7 Å². The van der Waals surface area contributed by atoms with Crippen LogP contribution in [-0.2, 0) is 9.53 Å². The first-order valence-corrected chi connectivity index (χ1v) is 10.4. The highest BCUT2D eigenvalue weighted by Gasteiger charge is 2.31. The van der Waals surface area contributed by atoms with Gasteiger partial charge < -0.3 is 20.7 Å². The summed E-state index contributed by atoms with van der Waals surface area (Å²) >= 11 is 2.89. The molecule has 26 heavy (non-hydrogen) atoms. The topological polar surface area (TPSA) is 105 Å². The molecule has 0 saturated heterocycles. The number of ether oxygens (including phenoxy) is 1. The van der Waals surface area contributed by atoms with Gasteiger partial charge in [-0.25, -0.2) is 9.59 Å². The summed E-state index contributed by atoms with van der Waals surface area (Å²) in [5.74, 6) is 0.527. The molecule has 1 atom stereocenters. The zero-order valence-electron chi connectivity index (χ0n) is 15.4. The quantitative estimate of drug-likeness (QED) is 0.433. The summed E-state index contributed by atoms with van der Waals surface area (Å²) in [6, 6.07) is -0.659. The number of esters is 1. The molecule has 0 aliphatic carbocycles. The lowest BCUT2D eigenvalue weighted by atomic mass is 10.0. The van der Waals surface area contributed by atoms with E-state index in [1.807, 2.05) is 6.92 Å². The maximum Gasteiger partial charge on any atom is 0.337 e. The first-order valence-electron chi connectivity index (χ1n) is 8.62. The fraction of sp³-hybridized carbons (Fsp3) is 0.625. The second-order valence-electron chi connectivity index (χ2n) is 6.11. The number of carbonyl (C=O) groups is 2. The highest BCUT2D eigenvalue weighted by atomic mass is 32.2. The summed E-state index contributed by atoms with van der Waals surface area (Å²) < 4.78 is 5.93. The molecule has 8 nitrogen and oxygen atoms in total. The average molecular weight is 400 g/mol. The lowest BCUT2D eigenvalue weighted by Crippen LogP contribution is -2.50. The number of amides is 2. The number of hydrogen-bond donors (Lipinski definition) is 3. The molecule has 1 aliphatic rings. The van der Waals surface area contributed by atoms with E-state index in [0.717, 1.165) is 16.0 Å². The van der Waals surface area contributed by atoms with Crippen LogP contribution in [0.3, 0.4) is 0 Å². The standard InChI is InChI=1S/C16H25N5O3S2/c1-5-10-12(13(22)24-6-2)11(19-14(23)18-10)8-25-16-21-20-15(26-16)17-7-9(3)4/h9-10H,5-8H2,1-4H3,(H,17,20)(H2,18,19,23)/t10-/m1/s1. The smallest absolute Gasteiger partial charge is 0.337 e. The van der Waals surface area contributed by atoms with Crippen LogP contribution in [0.5, 0.6) is 0 Å². The average Bonchev–Trinajstić information content (AvgIpc) is 3.05. The summed E-state index contributed by atoms with van der Waals surface area (Å²) in [6.07, 6.45) is 0.609. The van der Waals surface area contributed by atoms with Gasteiger partial charge in [-0.1, -0.05) is 43.9 Å². The zero-order chi connectivity index (χ0) is 19.1. The number of nitrogens with one attached hydrogen (secondary N) is 3. The maximum atomic E-state index is 12.3. The van der Waals surface area contributed by atoms with Crippen LogP contribution >= 0.6 is 23.1 Å². The fourth-order valence-corrected chi connectivity index (χ4v) is 4.07. The van der Waals surface area contributed by atoms with Crippen LogP contribution in [0.1, 0.15) is 34.1 Å². The molecule has 0 spiro atoms. The minimum Gasteiger partial charge on any atom is -0.463 e. The Hall–Kier alpha value is -1.81. The summed E-state index contributed by atoms with van der Waals surface area (Å²) in [5, 5.41) is 17.8. The lowest BCUT2D eigenvalue weighted by molar-refractivity contribution is -0.139. The van der Waals surface area contributed by atoms with Gasteiger partial charge >= 0.3 is 12.0 Å². The molecule has 2 rings (SSSR count). The molecule has 0 fully saturated rings. The van der Waals surface area contributed by atoms with Gasteiger partial charge in [-0.3, -0.25) is 0 Å². The number of anilines is 1. The Morgan fingerprint density at radius 2 is 2.15 bits per heavy atom. The Bertz CT molecular complexity index is 675. The van der Waals surface area contributed by atoms with Crippen LogP contribution in [0, 0.1) is 5.92 Å². The Morgan fingerprint density at radius 3 is 2.81 bits per heavy atom. The van der Waals surface area contributed by atoms with Crippen molar-refractivity contribution in [1.29, 1.82) is 0 Å². The molecule has 1 aromatic heterocycles. The van der Waals surface area contributed by atoms with Crippen molar-refractivity contribution in [3.8, 4) is 0 Å². The predicted octanol–water partition coefficient (Wildman–Crippen LogP) is 2.61. The van der Waals surface area contributed by atoms with Gasteiger partial charge in [0.05, 0.1) is 18.2 Å². The number of thioether (sulfide) groups is 1. The Morgan fingerprint density at radius 1 is 1.38 bits per heavy atom. The van der Waals surface area contributed by atoms with Crippen molar-refractivity contribution in [2.45, 2.75) is 44.5 Å². The Kier molecular flexibility index (Phi) is 7.70. The number of carbonyl (C=O) groups excluding carboxylic acids is 2. The van der Waals surface area contributed by atoms with Gasteiger partial charge in [-0.2, -0.15) is 0 Å². The highest BCUT2D eigenvalue weighted by molar-refractivity contribution is 8.01. The molecule has 1 aromatic rings. The summed E-state index contributed by atoms with van der Waals surface area (Å²) in [4.78, 5) is 24.2. The second-order valence-corrected chi connectivity index (χ2v) is 8.31. The van der Waals surface area contributed by atoms with Crippen molar-refractivity contribution in [2.75, 3.05) is 24.2 Å². The molecule has 0 aromatic carbocycles. The van der Waals surface area contributed by atoms with Crippen LogP contribution in [0.4, 0.5) is 9.93 Å². The minimum absolute atomic E-state index is 0.286. The normalized spacial score (nSPS) is 17.1.